The number of hydrogen-bond acceptors (Lipinski definition) is 4. The van der Waals surface area contributed by atoms with Crippen LogP contribution in [0.15, 0.2) is 116 Å². The summed E-state index contributed by atoms with van der Waals surface area (Å²) in [4.78, 5) is 18.4. The molecule has 0 aliphatic carbocycles. The molecule has 0 N–H and O–H groups in total. The average molecular weight is 342 g/mol. The van der Waals surface area contributed by atoms with Crippen LogP contribution in [0.1, 0.15) is 0 Å². The fourth-order valence-corrected chi connectivity index (χ4v) is 2.83. The molecule has 0 unspecified atom stereocenters. The van der Waals surface area contributed by atoms with Crippen molar-refractivity contribution in [3.8, 4) is 0 Å². The second-order valence-electron chi connectivity index (χ2n) is 5.76. The zero-order valence-corrected chi connectivity index (χ0v) is 14.1. The second kappa shape index (κ2) is 6.80. The molecule has 0 fully saturated rings. The Morgan fingerprint density at radius 2 is 0.654 bits per heavy atom. The van der Waals surface area contributed by atoms with Crippen LogP contribution in [0.3, 0.4) is 0 Å². The number of alkyl halides is 1. The quantitative estimate of drug-likeness (QED) is 0.635. The van der Waals surface area contributed by atoms with E-state index in [4.69, 9.17) is 0 Å². The highest BCUT2D eigenvalue weighted by Crippen LogP contribution is 2.20. The Morgan fingerprint density at radius 1 is 0.423 bits per heavy atom. The highest BCUT2D eigenvalue weighted by Gasteiger charge is 2.11. The van der Waals surface area contributed by atoms with Crippen molar-refractivity contribution in [1.29, 1.82) is 0 Å². The van der Waals surface area contributed by atoms with E-state index in [-0.39, 0.29) is 0 Å². The minimum Gasteiger partial charge on any atom is -0.255 e. The molecule has 0 radical (unpaired) electrons. The van der Waals surface area contributed by atoms with Crippen LogP contribution in [0.5, 0.6) is 0 Å². The first-order valence-electron chi connectivity index (χ1n) is 8.12. The van der Waals surface area contributed by atoms with Gasteiger partial charge in [-0.2, -0.15) is 0 Å². The van der Waals surface area contributed by atoms with Crippen LogP contribution in [0.2, 0.25) is 0 Å². The van der Waals surface area contributed by atoms with Gasteiger partial charge in [-0.1, -0.05) is 0 Å². The van der Waals surface area contributed by atoms with E-state index in [2.05, 4.69) is 20.0 Å². The van der Waals surface area contributed by atoms with Gasteiger partial charge in [0.2, 0.25) is 0 Å². The smallest absolute Gasteiger partial charge is 0.0785 e. The topological polar surface area (TPSA) is 49.4 Å². The molecule has 4 nitrogen and oxygen atoms in total. The summed E-state index contributed by atoms with van der Waals surface area (Å²) in [6.45, 7) is 0. The molecule has 126 valence electrons. The maximum Gasteiger partial charge on any atom is 0.0785 e. The van der Waals surface area contributed by atoms with E-state index < -0.39 is 0 Å². The van der Waals surface area contributed by atoms with Gasteiger partial charge in [-0.15, -0.1) is 0 Å². The Bertz CT molecular complexity index is 848. The molecule has 0 aromatic rings. The first kappa shape index (κ1) is 16.0. The highest BCUT2D eigenvalue weighted by molar-refractivity contribution is 6.14. The summed E-state index contributed by atoms with van der Waals surface area (Å²) in [6, 6.07) is 0. The van der Waals surface area contributed by atoms with Crippen LogP contribution in [0.4, 0.5) is 4.39 Å². The van der Waals surface area contributed by atoms with Crippen molar-refractivity contribution in [2.75, 3.05) is 7.18 Å². The van der Waals surface area contributed by atoms with Gasteiger partial charge in [0.05, 0.1) is 52.8 Å². The molecular weight excluding hydrogens is 327 g/mol. The van der Waals surface area contributed by atoms with Gasteiger partial charge in [0.25, 0.3) is 0 Å². The van der Waals surface area contributed by atoms with Crippen LogP contribution in [0.25, 0.3) is 0 Å². The summed E-state index contributed by atoms with van der Waals surface area (Å²) in [7, 11) is 0.500. The van der Waals surface area contributed by atoms with Crippen molar-refractivity contribution in [2.45, 2.75) is 0 Å². The Kier molecular flexibility index (Phi) is 4.19. The SMILES string of the molecule is C1=CC2=NC1=CC1=NC(=CC3=NC(=CC4=NC(=C2)C=C4)C=C3)C=C1.CF. The number of hydrogen-bond donors (Lipinski definition) is 0. The Morgan fingerprint density at radius 3 is 0.885 bits per heavy atom. The maximum absolute atomic E-state index is 9.50. The van der Waals surface area contributed by atoms with Gasteiger partial charge < -0.3 is 0 Å². The summed E-state index contributed by atoms with van der Waals surface area (Å²) in [5, 5.41) is 0. The highest BCUT2D eigenvalue weighted by atomic mass is 19.1. The number of aliphatic imine (C=N–C) groups is 4. The largest absolute Gasteiger partial charge is 0.255 e. The van der Waals surface area contributed by atoms with Crippen molar-refractivity contribution in [3.05, 3.63) is 95.7 Å². The Labute approximate surface area is 150 Å². The molecule has 0 spiro atoms. The molecule has 5 aliphatic rings. The molecule has 0 aromatic heterocycles. The minimum atomic E-state index is 0.500. The van der Waals surface area contributed by atoms with Gasteiger partial charge in [0.15, 0.2) is 0 Å². The normalized spacial score (nSPS) is 21.2. The van der Waals surface area contributed by atoms with Crippen LogP contribution < -0.4 is 0 Å². The van der Waals surface area contributed by atoms with Crippen molar-refractivity contribution < 1.29 is 4.39 Å². The lowest BCUT2D eigenvalue weighted by atomic mass is 10.2. The summed E-state index contributed by atoms with van der Waals surface area (Å²) in [5.41, 5.74) is 7.15. The van der Waals surface area contributed by atoms with Crippen LogP contribution >= 0.6 is 0 Å². The van der Waals surface area contributed by atoms with Crippen molar-refractivity contribution in [2.24, 2.45) is 20.0 Å². The van der Waals surface area contributed by atoms with E-state index in [0.29, 0.717) is 7.18 Å². The zero-order chi connectivity index (χ0) is 17.9. The molecule has 0 atom stereocenters. The van der Waals surface area contributed by atoms with Gasteiger partial charge in [0, 0.05) is 0 Å². The Hall–Kier alpha value is -3.47. The number of rotatable bonds is 0. The lowest BCUT2D eigenvalue weighted by molar-refractivity contribution is 0.636. The number of halogens is 1. The van der Waals surface area contributed by atoms with Gasteiger partial charge in [-0.3, -0.25) is 4.39 Å². The van der Waals surface area contributed by atoms with E-state index in [1.54, 1.807) is 0 Å². The summed E-state index contributed by atoms with van der Waals surface area (Å²) in [5.74, 6) is 0. The predicted octanol–water partition coefficient (Wildman–Crippen LogP) is 4.16. The molecule has 5 heteroatoms. The monoisotopic (exact) mass is 342 g/mol. The van der Waals surface area contributed by atoms with Crippen molar-refractivity contribution >= 4 is 22.8 Å². The molecule has 0 saturated carbocycles. The summed E-state index contributed by atoms with van der Waals surface area (Å²) in [6.07, 6.45) is 23.8. The Balaban J connectivity index is 0.000000814. The molecule has 5 heterocycles. The third-order valence-corrected chi connectivity index (χ3v) is 3.92. The van der Waals surface area contributed by atoms with Crippen LogP contribution in [-0.4, -0.2) is 30.0 Å². The van der Waals surface area contributed by atoms with E-state index in [1.165, 1.54) is 0 Å². The third-order valence-electron chi connectivity index (χ3n) is 3.92. The third kappa shape index (κ3) is 3.32. The fourth-order valence-electron chi connectivity index (χ4n) is 2.83. The molecule has 5 rings (SSSR count). The van der Waals surface area contributed by atoms with Gasteiger partial charge >= 0.3 is 0 Å². The molecule has 0 amide bonds. The molecule has 0 saturated heterocycles. The van der Waals surface area contributed by atoms with Gasteiger partial charge in [0.1, 0.15) is 0 Å². The van der Waals surface area contributed by atoms with Crippen LogP contribution in [-0.2, 0) is 0 Å². The fraction of sp³-hybridized carbons (Fsp3) is 0.0476. The molecule has 5 aliphatic heterocycles. The molecule has 0 aromatic carbocycles. The van der Waals surface area contributed by atoms with E-state index >= 15 is 0 Å². The van der Waals surface area contributed by atoms with E-state index in [0.717, 1.165) is 45.6 Å². The lowest BCUT2D eigenvalue weighted by Crippen LogP contribution is -1.89. The van der Waals surface area contributed by atoms with Crippen molar-refractivity contribution in [1.82, 2.24) is 0 Å². The van der Waals surface area contributed by atoms with Crippen molar-refractivity contribution in [3.63, 3.8) is 0 Å². The number of allylic oxidation sites excluding steroid dienone is 12. The number of nitrogens with zero attached hydrogens (tertiary/aromatic N) is 4. The van der Waals surface area contributed by atoms with E-state index in [1.807, 2.05) is 72.9 Å². The molecule has 26 heavy (non-hydrogen) atoms. The zero-order valence-electron chi connectivity index (χ0n) is 14.1. The second-order valence-corrected chi connectivity index (χ2v) is 5.76. The van der Waals surface area contributed by atoms with Crippen LogP contribution in [0, 0.1) is 0 Å². The molecule has 8 bridgehead atoms. The first-order valence-corrected chi connectivity index (χ1v) is 8.12. The van der Waals surface area contributed by atoms with Gasteiger partial charge in [-0.25, -0.2) is 20.0 Å². The standard InChI is InChI=1S/C20H12N4.CH3F/c1-2-14-10-16-5-6-18(23-16)12-20-8-7-19(24-20)11-17-4-3-15(22-17)9-13(1)21-14;1-2/h1-12H;1H3. The number of fused-ring (bicyclic) bond motifs is 4. The molecular formula is C21H15FN4. The van der Waals surface area contributed by atoms with Gasteiger partial charge in [-0.05, 0) is 72.9 Å². The minimum absolute atomic E-state index is 0.500. The summed E-state index contributed by atoms with van der Waals surface area (Å²) < 4.78 is 9.50. The average Bonchev–Trinajstić information content (AvgIpc) is 3.42. The maximum atomic E-state index is 9.50. The lowest BCUT2D eigenvalue weighted by Gasteiger charge is -1.94. The summed E-state index contributed by atoms with van der Waals surface area (Å²) >= 11 is 0. The van der Waals surface area contributed by atoms with E-state index in [9.17, 15) is 4.39 Å². The predicted molar refractivity (Wildman–Crippen MR) is 106 cm³/mol. The first-order chi connectivity index (χ1) is 12.8.